The molecule has 2 aliphatic rings. The van der Waals surface area contributed by atoms with Crippen molar-refractivity contribution in [1.82, 2.24) is 4.90 Å². The van der Waals surface area contributed by atoms with E-state index in [1.54, 1.807) is 6.07 Å². The number of aliphatic hydroxyl groups excluding tert-OH is 1. The van der Waals surface area contributed by atoms with Crippen molar-refractivity contribution < 1.29 is 24.1 Å². The van der Waals surface area contributed by atoms with Crippen LogP contribution in [0.4, 0.5) is 10.5 Å². The van der Waals surface area contributed by atoms with Crippen molar-refractivity contribution in [2.24, 2.45) is 5.92 Å². The quantitative estimate of drug-likeness (QED) is 0.347. The number of hydrogen-bond donors (Lipinski definition) is 2. The van der Waals surface area contributed by atoms with Gasteiger partial charge in [-0.1, -0.05) is 74.9 Å². The molecule has 4 atom stereocenters. The van der Waals surface area contributed by atoms with Gasteiger partial charge >= 0.3 is 6.09 Å². The van der Waals surface area contributed by atoms with Gasteiger partial charge in [-0.3, -0.25) is 10.2 Å². The molecule has 2 N–H and O–H groups in total. The van der Waals surface area contributed by atoms with Gasteiger partial charge in [0.05, 0.1) is 18.8 Å². The summed E-state index contributed by atoms with van der Waals surface area (Å²) in [5.41, 5.74) is 3.33. The molecule has 0 unspecified atom stereocenters. The number of anilines is 1. The smallest absolute Gasteiger partial charge is 0.411 e. The minimum atomic E-state index is -0.612. The van der Waals surface area contributed by atoms with Crippen LogP contribution in [0.1, 0.15) is 61.7 Å². The summed E-state index contributed by atoms with van der Waals surface area (Å²) < 4.78 is 18.3. The van der Waals surface area contributed by atoms with E-state index in [1.165, 1.54) is 31.8 Å². The van der Waals surface area contributed by atoms with Gasteiger partial charge in [0.15, 0.2) is 6.29 Å². The maximum absolute atomic E-state index is 12.1. The van der Waals surface area contributed by atoms with Gasteiger partial charge in [-0.05, 0) is 36.1 Å². The molecule has 2 aromatic carbocycles. The van der Waals surface area contributed by atoms with Gasteiger partial charge in [0.2, 0.25) is 0 Å². The van der Waals surface area contributed by atoms with Gasteiger partial charge in [0, 0.05) is 36.3 Å². The highest BCUT2D eigenvalue weighted by molar-refractivity contribution is 5.84. The molecule has 2 fully saturated rings. The second-order valence-corrected chi connectivity index (χ2v) is 10.1. The molecule has 7 heteroatoms. The van der Waals surface area contributed by atoms with Crippen LogP contribution in [0, 0.1) is 5.92 Å². The monoisotopic (exact) mass is 520 g/mol. The van der Waals surface area contributed by atoms with E-state index in [2.05, 4.69) is 30.3 Å². The van der Waals surface area contributed by atoms with Crippen LogP contribution in [0.2, 0.25) is 0 Å². The maximum atomic E-state index is 12.1. The minimum Gasteiger partial charge on any atom is -0.445 e. The van der Waals surface area contributed by atoms with Crippen molar-refractivity contribution in [3.05, 3.63) is 90.5 Å². The molecule has 4 rings (SSSR count). The Hall–Kier alpha value is -2.97. The Labute approximate surface area is 226 Å². The van der Waals surface area contributed by atoms with E-state index in [0.717, 1.165) is 29.8 Å². The molecular weight excluding hydrogens is 480 g/mol. The number of ether oxygens (including phenoxy) is 3. The zero-order valence-electron chi connectivity index (χ0n) is 22.3. The zero-order chi connectivity index (χ0) is 26.9. The summed E-state index contributed by atoms with van der Waals surface area (Å²) in [5, 5.41) is 12.3. The Bertz CT molecular complexity index is 1070. The standard InChI is InChI=1S/C31H40N2O5/c1-4-17-33(27-11-6-7-12-27)20-28-22(3)29(24-15-13-23(21-34)14-16-24)38-30(37-28)25-9-8-10-26(19-25)32-31(35)36-18-5-2/h4-5,8-10,13-16,19,22,27-30,34H,1-2,6-7,11-12,17-18,20-21H2,3H3,(H,32,35)/t22-,28+,29+,30+/m1/s1. The molecule has 1 aliphatic heterocycles. The van der Waals surface area contributed by atoms with Crippen molar-refractivity contribution in [2.75, 3.05) is 25.0 Å². The highest BCUT2D eigenvalue weighted by Crippen LogP contribution is 2.42. The summed E-state index contributed by atoms with van der Waals surface area (Å²) in [6.45, 7) is 11.5. The molecule has 7 nitrogen and oxygen atoms in total. The van der Waals surface area contributed by atoms with Crippen molar-refractivity contribution >= 4 is 11.8 Å². The SMILES string of the molecule is C=CCOC(=O)Nc1cccc([C@H]2O[C@@H](CN(CC=C)C3CCCC3)[C@@H](C)[C@@H](c3ccc(CO)cc3)O2)c1. The summed E-state index contributed by atoms with van der Waals surface area (Å²) in [6.07, 6.45) is 7.01. The molecule has 1 aliphatic carbocycles. The van der Waals surface area contributed by atoms with Gasteiger partial charge in [0.25, 0.3) is 0 Å². The van der Waals surface area contributed by atoms with E-state index < -0.39 is 12.4 Å². The second kappa shape index (κ2) is 13.7. The molecule has 1 saturated carbocycles. The summed E-state index contributed by atoms with van der Waals surface area (Å²) >= 11 is 0. The van der Waals surface area contributed by atoms with Crippen LogP contribution >= 0.6 is 0 Å². The molecule has 0 spiro atoms. The highest BCUT2D eigenvalue weighted by Gasteiger charge is 2.40. The van der Waals surface area contributed by atoms with Crippen LogP contribution in [-0.4, -0.2) is 47.9 Å². The molecular formula is C31H40N2O5. The lowest BCUT2D eigenvalue weighted by molar-refractivity contribution is -0.276. The third-order valence-electron chi connectivity index (χ3n) is 7.48. The predicted octanol–water partition coefficient (Wildman–Crippen LogP) is 6.14. The zero-order valence-corrected chi connectivity index (χ0v) is 22.3. The second-order valence-electron chi connectivity index (χ2n) is 10.1. The van der Waals surface area contributed by atoms with E-state index in [1.807, 2.05) is 48.5 Å². The number of benzene rings is 2. The van der Waals surface area contributed by atoms with Crippen LogP contribution in [0.5, 0.6) is 0 Å². The molecule has 1 heterocycles. The first-order valence-corrected chi connectivity index (χ1v) is 13.5. The van der Waals surface area contributed by atoms with E-state index in [9.17, 15) is 9.90 Å². The van der Waals surface area contributed by atoms with Crippen molar-refractivity contribution in [3.63, 3.8) is 0 Å². The molecule has 38 heavy (non-hydrogen) atoms. The molecule has 1 amide bonds. The average molecular weight is 521 g/mol. The number of rotatable bonds is 11. The van der Waals surface area contributed by atoms with Gasteiger partial charge in [0.1, 0.15) is 6.61 Å². The van der Waals surface area contributed by atoms with Gasteiger partial charge < -0.3 is 19.3 Å². The molecule has 2 aromatic rings. The van der Waals surface area contributed by atoms with Crippen LogP contribution in [0.3, 0.4) is 0 Å². The number of carbonyl (C=O) groups is 1. The number of amides is 1. The predicted molar refractivity (Wildman–Crippen MR) is 149 cm³/mol. The third-order valence-corrected chi connectivity index (χ3v) is 7.48. The topological polar surface area (TPSA) is 80.3 Å². The molecule has 0 aromatic heterocycles. The summed E-state index contributed by atoms with van der Waals surface area (Å²) in [5.74, 6) is 0.0927. The Kier molecular flexibility index (Phi) is 10.1. The maximum Gasteiger partial charge on any atom is 0.411 e. The van der Waals surface area contributed by atoms with Crippen LogP contribution in [0.25, 0.3) is 0 Å². The first-order valence-electron chi connectivity index (χ1n) is 13.5. The van der Waals surface area contributed by atoms with Crippen molar-refractivity contribution in [1.29, 1.82) is 0 Å². The lowest BCUT2D eigenvalue weighted by Gasteiger charge is -2.43. The minimum absolute atomic E-state index is 0.00263. The molecule has 0 bridgehead atoms. The lowest BCUT2D eigenvalue weighted by Crippen LogP contribution is -2.47. The first kappa shape index (κ1) is 28.0. The number of hydrogen-bond acceptors (Lipinski definition) is 6. The number of nitrogens with zero attached hydrogens (tertiary/aromatic N) is 1. The summed E-state index contributed by atoms with van der Waals surface area (Å²) in [4.78, 5) is 14.6. The van der Waals surface area contributed by atoms with Gasteiger partial charge in [-0.2, -0.15) is 0 Å². The first-order chi connectivity index (χ1) is 18.5. The molecule has 0 radical (unpaired) electrons. The van der Waals surface area contributed by atoms with Crippen molar-refractivity contribution in [2.45, 2.75) is 63.8 Å². The van der Waals surface area contributed by atoms with E-state index in [0.29, 0.717) is 11.7 Å². The number of nitrogens with one attached hydrogen (secondary N) is 1. The van der Waals surface area contributed by atoms with Gasteiger partial charge in [-0.15, -0.1) is 6.58 Å². The van der Waals surface area contributed by atoms with Crippen molar-refractivity contribution in [3.8, 4) is 0 Å². The van der Waals surface area contributed by atoms with Crippen LogP contribution in [0.15, 0.2) is 73.8 Å². The number of carbonyl (C=O) groups excluding carboxylic acids is 1. The fourth-order valence-corrected chi connectivity index (χ4v) is 5.42. The Balaban J connectivity index is 1.59. The normalized spacial score (nSPS) is 23.8. The average Bonchev–Trinajstić information content (AvgIpc) is 3.48. The fourth-order valence-electron chi connectivity index (χ4n) is 5.42. The third kappa shape index (κ3) is 7.11. The Morgan fingerprint density at radius 1 is 1.11 bits per heavy atom. The summed E-state index contributed by atoms with van der Waals surface area (Å²) in [7, 11) is 0. The number of aliphatic hydroxyl groups is 1. The Morgan fingerprint density at radius 3 is 2.55 bits per heavy atom. The largest absolute Gasteiger partial charge is 0.445 e. The van der Waals surface area contributed by atoms with Crippen LogP contribution < -0.4 is 5.32 Å². The fraction of sp³-hybridized carbons (Fsp3) is 0.452. The highest BCUT2D eigenvalue weighted by atomic mass is 16.7. The Morgan fingerprint density at radius 2 is 1.87 bits per heavy atom. The van der Waals surface area contributed by atoms with Gasteiger partial charge in [-0.25, -0.2) is 4.79 Å². The summed E-state index contributed by atoms with van der Waals surface area (Å²) in [6, 6.07) is 15.9. The van der Waals surface area contributed by atoms with E-state index in [4.69, 9.17) is 14.2 Å². The molecule has 204 valence electrons. The van der Waals surface area contributed by atoms with Crippen LogP contribution in [-0.2, 0) is 20.8 Å². The van der Waals surface area contributed by atoms with E-state index >= 15 is 0 Å². The van der Waals surface area contributed by atoms with E-state index in [-0.39, 0.29) is 31.3 Å². The lowest BCUT2D eigenvalue weighted by atomic mass is 9.89. The molecule has 1 saturated heterocycles.